The summed E-state index contributed by atoms with van der Waals surface area (Å²) in [5, 5.41) is 8.06. The molecule has 2 rings (SSSR count). The molecule has 7 nitrogen and oxygen atoms in total. The SMILES string of the molecule is CCN(CC1CN(CCS(=O)(=O)CC)CCO1)c1cccnn1. The van der Waals surface area contributed by atoms with Gasteiger partial charge in [-0.05, 0) is 19.1 Å². The maximum Gasteiger partial charge on any atom is 0.151 e. The van der Waals surface area contributed by atoms with Gasteiger partial charge >= 0.3 is 0 Å². The predicted molar refractivity (Wildman–Crippen MR) is 90.4 cm³/mol. The first-order valence-corrected chi connectivity index (χ1v) is 9.93. The number of aromatic nitrogens is 2. The van der Waals surface area contributed by atoms with E-state index in [2.05, 4.69) is 26.9 Å². The summed E-state index contributed by atoms with van der Waals surface area (Å²) in [5.74, 6) is 1.26. The van der Waals surface area contributed by atoms with Crippen LogP contribution in [0.1, 0.15) is 13.8 Å². The van der Waals surface area contributed by atoms with Gasteiger partial charge in [0, 0.05) is 44.7 Å². The van der Waals surface area contributed by atoms with Crippen LogP contribution in [0.2, 0.25) is 0 Å². The lowest BCUT2D eigenvalue weighted by molar-refractivity contribution is -0.0218. The van der Waals surface area contributed by atoms with Gasteiger partial charge in [0.25, 0.3) is 0 Å². The Hall–Kier alpha value is -1.25. The molecule has 1 aromatic rings. The summed E-state index contributed by atoms with van der Waals surface area (Å²) in [5.41, 5.74) is 0. The highest BCUT2D eigenvalue weighted by atomic mass is 32.2. The summed E-state index contributed by atoms with van der Waals surface area (Å²) in [6.45, 7) is 8.06. The minimum Gasteiger partial charge on any atom is -0.374 e. The van der Waals surface area contributed by atoms with E-state index < -0.39 is 9.84 Å². The molecule has 1 atom stereocenters. The Kier molecular flexibility index (Phi) is 6.73. The number of anilines is 1. The van der Waals surface area contributed by atoms with Crippen molar-refractivity contribution in [1.29, 1.82) is 0 Å². The van der Waals surface area contributed by atoms with Crippen LogP contribution in [-0.4, -0.2) is 80.5 Å². The molecule has 0 radical (unpaired) electrons. The number of sulfone groups is 1. The monoisotopic (exact) mass is 342 g/mol. The second-order valence-electron chi connectivity index (χ2n) is 5.65. The Labute approximate surface area is 138 Å². The minimum atomic E-state index is -2.92. The third kappa shape index (κ3) is 5.71. The molecule has 1 unspecified atom stereocenters. The fourth-order valence-electron chi connectivity index (χ4n) is 2.60. The van der Waals surface area contributed by atoms with Crippen LogP contribution in [-0.2, 0) is 14.6 Å². The van der Waals surface area contributed by atoms with Gasteiger partial charge in [0.05, 0.1) is 18.5 Å². The van der Waals surface area contributed by atoms with Gasteiger partial charge in [-0.1, -0.05) is 6.92 Å². The minimum absolute atomic E-state index is 0.0510. The van der Waals surface area contributed by atoms with E-state index in [1.54, 1.807) is 13.1 Å². The van der Waals surface area contributed by atoms with E-state index in [1.807, 2.05) is 12.1 Å². The zero-order chi connectivity index (χ0) is 16.7. The average molecular weight is 342 g/mol. The van der Waals surface area contributed by atoms with Crippen molar-refractivity contribution in [1.82, 2.24) is 15.1 Å². The molecular formula is C15H26N4O3S. The third-order valence-electron chi connectivity index (χ3n) is 4.07. The van der Waals surface area contributed by atoms with Crippen LogP contribution in [0.15, 0.2) is 18.3 Å². The first-order chi connectivity index (χ1) is 11.0. The third-order valence-corrected chi connectivity index (χ3v) is 5.75. The number of hydrogen-bond donors (Lipinski definition) is 0. The van der Waals surface area contributed by atoms with Gasteiger partial charge in [-0.15, -0.1) is 5.10 Å². The van der Waals surface area contributed by atoms with E-state index in [4.69, 9.17) is 4.74 Å². The lowest BCUT2D eigenvalue weighted by Crippen LogP contribution is -2.49. The highest BCUT2D eigenvalue weighted by molar-refractivity contribution is 7.91. The second kappa shape index (κ2) is 8.56. The molecule has 0 saturated carbocycles. The Morgan fingerprint density at radius 2 is 2.26 bits per heavy atom. The molecule has 0 N–H and O–H groups in total. The number of likely N-dealkylation sites (N-methyl/N-ethyl adjacent to an activating group) is 1. The van der Waals surface area contributed by atoms with Crippen molar-refractivity contribution in [3.63, 3.8) is 0 Å². The van der Waals surface area contributed by atoms with Gasteiger partial charge in [-0.3, -0.25) is 4.90 Å². The average Bonchev–Trinajstić information content (AvgIpc) is 2.59. The van der Waals surface area contributed by atoms with Crippen LogP contribution in [0.5, 0.6) is 0 Å². The first-order valence-electron chi connectivity index (χ1n) is 8.11. The van der Waals surface area contributed by atoms with Crippen LogP contribution in [0.3, 0.4) is 0 Å². The van der Waals surface area contributed by atoms with Crippen LogP contribution < -0.4 is 4.90 Å². The van der Waals surface area contributed by atoms with E-state index in [0.717, 1.165) is 32.0 Å². The molecule has 0 aliphatic carbocycles. The van der Waals surface area contributed by atoms with Crippen molar-refractivity contribution >= 4 is 15.7 Å². The zero-order valence-electron chi connectivity index (χ0n) is 13.9. The summed E-state index contributed by atoms with van der Waals surface area (Å²) in [6, 6.07) is 3.81. The van der Waals surface area contributed by atoms with Gasteiger partial charge in [0.2, 0.25) is 0 Å². The van der Waals surface area contributed by atoms with Crippen molar-refractivity contribution in [3.05, 3.63) is 18.3 Å². The van der Waals surface area contributed by atoms with Crippen LogP contribution in [0.4, 0.5) is 5.82 Å². The summed E-state index contributed by atoms with van der Waals surface area (Å²) in [4.78, 5) is 4.30. The molecule has 1 aliphatic heterocycles. The highest BCUT2D eigenvalue weighted by Crippen LogP contribution is 2.12. The van der Waals surface area contributed by atoms with E-state index in [1.165, 1.54) is 0 Å². The molecule has 8 heteroatoms. The Morgan fingerprint density at radius 3 is 2.91 bits per heavy atom. The van der Waals surface area contributed by atoms with Crippen molar-refractivity contribution < 1.29 is 13.2 Å². The maximum atomic E-state index is 11.7. The zero-order valence-corrected chi connectivity index (χ0v) is 14.7. The summed E-state index contributed by atoms with van der Waals surface area (Å²) in [7, 11) is -2.92. The number of nitrogens with zero attached hydrogens (tertiary/aromatic N) is 4. The molecule has 23 heavy (non-hydrogen) atoms. The van der Waals surface area contributed by atoms with Crippen molar-refractivity contribution in [3.8, 4) is 0 Å². The van der Waals surface area contributed by atoms with E-state index in [9.17, 15) is 8.42 Å². The standard InChI is InChI=1S/C15H26N4O3S/c1-3-19(15-6-5-7-16-17-15)13-14-12-18(8-10-22-14)9-11-23(20,21)4-2/h5-7,14H,3-4,8-13H2,1-2H3. The van der Waals surface area contributed by atoms with Crippen LogP contribution in [0, 0.1) is 0 Å². The van der Waals surface area contributed by atoms with E-state index in [0.29, 0.717) is 13.2 Å². The molecule has 0 aromatic carbocycles. The molecule has 0 spiro atoms. The summed E-state index contributed by atoms with van der Waals surface area (Å²) >= 11 is 0. The molecule has 130 valence electrons. The molecule has 1 saturated heterocycles. The van der Waals surface area contributed by atoms with E-state index >= 15 is 0 Å². The number of rotatable bonds is 8. The van der Waals surface area contributed by atoms with Crippen molar-refractivity contribution in [2.45, 2.75) is 20.0 Å². The summed E-state index contributed by atoms with van der Waals surface area (Å²) in [6.07, 6.45) is 1.71. The van der Waals surface area contributed by atoms with E-state index in [-0.39, 0.29) is 17.6 Å². The molecule has 1 fully saturated rings. The van der Waals surface area contributed by atoms with Gasteiger partial charge in [-0.25, -0.2) is 8.42 Å². The highest BCUT2D eigenvalue weighted by Gasteiger charge is 2.24. The fraction of sp³-hybridized carbons (Fsp3) is 0.733. The number of morpholine rings is 1. The molecule has 1 aromatic heterocycles. The smallest absolute Gasteiger partial charge is 0.151 e. The molecule has 0 bridgehead atoms. The predicted octanol–water partition coefficient (Wildman–Crippen LogP) is 0.438. The van der Waals surface area contributed by atoms with Crippen molar-refractivity contribution in [2.75, 3.05) is 55.7 Å². The van der Waals surface area contributed by atoms with Gasteiger partial charge < -0.3 is 9.64 Å². The summed E-state index contributed by atoms with van der Waals surface area (Å²) < 4.78 is 29.1. The largest absolute Gasteiger partial charge is 0.374 e. The second-order valence-corrected chi connectivity index (χ2v) is 8.12. The maximum absolute atomic E-state index is 11.7. The Bertz CT molecular complexity index is 567. The molecule has 0 amide bonds. The number of ether oxygens (including phenoxy) is 1. The quantitative estimate of drug-likeness (QED) is 0.678. The topological polar surface area (TPSA) is 75.6 Å². The van der Waals surface area contributed by atoms with Crippen LogP contribution in [0.25, 0.3) is 0 Å². The lowest BCUT2D eigenvalue weighted by Gasteiger charge is -2.35. The van der Waals surface area contributed by atoms with Crippen LogP contribution >= 0.6 is 0 Å². The van der Waals surface area contributed by atoms with Crippen molar-refractivity contribution in [2.24, 2.45) is 0 Å². The van der Waals surface area contributed by atoms with Gasteiger partial charge in [0.1, 0.15) is 0 Å². The fourth-order valence-corrected chi connectivity index (χ4v) is 3.42. The normalized spacial score (nSPS) is 19.7. The molecule has 2 heterocycles. The molecule has 1 aliphatic rings. The number of hydrogen-bond acceptors (Lipinski definition) is 7. The van der Waals surface area contributed by atoms with Gasteiger partial charge in [0.15, 0.2) is 15.7 Å². The Balaban J connectivity index is 1.88. The molecular weight excluding hydrogens is 316 g/mol. The van der Waals surface area contributed by atoms with Gasteiger partial charge in [-0.2, -0.15) is 5.10 Å². The Morgan fingerprint density at radius 1 is 1.43 bits per heavy atom. The lowest BCUT2D eigenvalue weighted by atomic mass is 10.2. The first kappa shape index (κ1) is 18.1.